The van der Waals surface area contributed by atoms with Gasteiger partial charge >= 0.3 is 0 Å². The molecule has 0 heterocycles. The van der Waals surface area contributed by atoms with Gasteiger partial charge in [-0.25, -0.2) is 0 Å². The van der Waals surface area contributed by atoms with Crippen LogP contribution in [0, 0.1) is 0 Å². The van der Waals surface area contributed by atoms with Crippen LogP contribution in [0.25, 0.3) is 0 Å². The van der Waals surface area contributed by atoms with Gasteiger partial charge in [-0.05, 0) is 36.6 Å². The fraction of sp³-hybridized carbons (Fsp3) is 0.278. The fourth-order valence-electron chi connectivity index (χ4n) is 2.23. The first-order valence-corrected chi connectivity index (χ1v) is 7.18. The number of amides is 1. The van der Waals surface area contributed by atoms with E-state index in [0.29, 0.717) is 11.3 Å². The molecular formula is C18H21NO2. The Kier molecular flexibility index (Phi) is 4.99. The third-order valence-electron chi connectivity index (χ3n) is 3.59. The maximum atomic E-state index is 12.3. The van der Waals surface area contributed by atoms with Gasteiger partial charge in [-0.15, -0.1) is 0 Å². The van der Waals surface area contributed by atoms with Crippen molar-refractivity contribution in [3.05, 3.63) is 65.2 Å². The molecule has 2 aromatic carbocycles. The van der Waals surface area contributed by atoms with Gasteiger partial charge in [0.1, 0.15) is 5.75 Å². The molecule has 21 heavy (non-hydrogen) atoms. The minimum Gasteiger partial charge on any atom is -0.496 e. The third-order valence-corrected chi connectivity index (χ3v) is 3.59. The second-order valence-corrected chi connectivity index (χ2v) is 4.99. The van der Waals surface area contributed by atoms with E-state index in [9.17, 15) is 4.79 Å². The van der Waals surface area contributed by atoms with E-state index < -0.39 is 0 Å². The van der Waals surface area contributed by atoms with Gasteiger partial charge in [-0.1, -0.05) is 43.3 Å². The number of ether oxygens (including phenoxy) is 1. The van der Waals surface area contributed by atoms with Crippen molar-refractivity contribution in [1.82, 2.24) is 5.32 Å². The van der Waals surface area contributed by atoms with Crippen LogP contribution in [0.2, 0.25) is 0 Å². The lowest BCUT2D eigenvalue weighted by Gasteiger charge is -2.16. The van der Waals surface area contributed by atoms with Crippen molar-refractivity contribution in [2.75, 3.05) is 7.11 Å². The van der Waals surface area contributed by atoms with E-state index in [-0.39, 0.29) is 11.9 Å². The maximum Gasteiger partial charge on any atom is 0.255 e. The van der Waals surface area contributed by atoms with Crippen molar-refractivity contribution in [3.63, 3.8) is 0 Å². The van der Waals surface area contributed by atoms with Crippen LogP contribution < -0.4 is 10.1 Å². The Morgan fingerprint density at radius 3 is 2.43 bits per heavy atom. The number of hydrogen-bond acceptors (Lipinski definition) is 2. The molecule has 3 nitrogen and oxygen atoms in total. The molecule has 0 fully saturated rings. The molecule has 1 atom stereocenters. The molecule has 0 unspecified atom stereocenters. The number of methoxy groups -OCH3 is 1. The molecule has 0 saturated heterocycles. The van der Waals surface area contributed by atoms with Gasteiger partial charge in [0.15, 0.2) is 0 Å². The van der Waals surface area contributed by atoms with Gasteiger partial charge in [-0.3, -0.25) is 4.79 Å². The molecule has 2 rings (SSSR count). The van der Waals surface area contributed by atoms with Crippen LogP contribution in [-0.2, 0) is 6.42 Å². The first-order chi connectivity index (χ1) is 10.2. The van der Waals surface area contributed by atoms with E-state index in [4.69, 9.17) is 4.74 Å². The highest BCUT2D eigenvalue weighted by Crippen LogP contribution is 2.19. The van der Waals surface area contributed by atoms with Crippen molar-refractivity contribution in [1.29, 1.82) is 0 Å². The van der Waals surface area contributed by atoms with E-state index in [1.54, 1.807) is 19.2 Å². The zero-order valence-electron chi connectivity index (χ0n) is 12.7. The molecule has 0 saturated carbocycles. The lowest BCUT2D eigenvalue weighted by atomic mass is 10.0. The average Bonchev–Trinajstić information content (AvgIpc) is 2.54. The van der Waals surface area contributed by atoms with Crippen LogP contribution in [0.3, 0.4) is 0 Å². The minimum atomic E-state index is -0.125. The summed E-state index contributed by atoms with van der Waals surface area (Å²) in [5.41, 5.74) is 2.94. The second-order valence-electron chi connectivity index (χ2n) is 4.99. The smallest absolute Gasteiger partial charge is 0.255 e. The van der Waals surface area contributed by atoms with Gasteiger partial charge in [0, 0.05) is 0 Å². The number of benzene rings is 2. The zero-order valence-corrected chi connectivity index (χ0v) is 12.7. The Bertz CT molecular complexity index is 605. The van der Waals surface area contributed by atoms with E-state index in [0.717, 1.165) is 12.0 Å². The zero-order chi connectivity index (χ0) is 15.2. The maximum absolute atomic E-state index is 12.3. The summed E-state index contributed by atoms with van der Waals surface area (Å²) in [6.07, 6.45) is 1.02. The molecule has 0 aliphatic rings. The van der Waals surface area contributed by atoms with Crippen molar-refractivity contribution in [3.8, 4) is 5.75 Å². The van der Waals surface area contributed by atoms with Gasteiger partial charge < -0.3 is 10.1 Å². The Labute approximate surface area is 126 Å². The molecule has 0 aliphatic heterocycles. The quantitative estimate of drug-likeness (QED) is 0.907. The highest BCUT2D eigenvalue weighted by atomic mass is 16.5. The molecule has 0 aliphatic carbocycles. The van der Waals surface area contributed by atoms with Gasteiger partial charge in [-0.2, -0.15) is 0 Å². The first kappa shape index (κ1) is 15.1. The average molecular weight is 283 g/mol. The van der Waals surface area contributed by atoms with Crippen LogP contribution in [0.15, 0.2) is 48.5 Å². The highest BCUT2D eigenvalue weighted by Gasteiger charge is 2.14. The number of hydrogen-bond donors (Lipinski definition) is 1. The van der Waals surface area contributed by atoms with Gasteiger partial charge in [0.25, 0.3) is 5.91 Å². The van der Waals surface area contributed by atoms with Crippen LogP contribution in [0.4, 0.5) is 0 Å². The third kappa shape index (κ3) is 3.63. The molecule has 1 amide bonds. The van der Waals surface area contributed by atoms with E-state index in [1.807, 2.05) is 19.1 Å². The molecule has 110 valence electrons. The molecule has 0 aromatic heterocycles. The number of para-hydroxylation sites is 1. The lowest BCUT2D eigenvalue weighted by molar-refractivity contribution is 0.0937. The Morgan fingerprint density at radius 1 is 1.14 bits per heavy atom. The number of aryl methyl sites for hydroxylation is 1. The number of nitrogens with one attached hydrogen (secondary N) is 1. The summed E-state index contributed by atoms with van der Waals surface area (Å²) in [5.74, 6) is 0.461. The molecule has 1 N–H and O–H groups in total. The summed E-state index contributed by atoms with van der Waals surface area (Å²) in [7, 11) is 1.57. The standard InChI is InChI=1S/C18H21NO2/c1-4-14-9-11-15(12-10-14)13(2)19-18(20)16-7-5-6-8-17(16)21-3/h5-13H,4H2,1-3H3,(H,19,20)/t13-/m0/s1. The van der Waals surface area contributed by atoms with E-state index >= 15 is 0 Å². The van der Waals surface area contributed by atoms with Crippen molar-refractivity contribution >= 4 is 5.91 Å². The monoisotopic (exact) mass is 283 g/mol. The number of carbonyl (C=O) groups is 1. The van der Waals surface area contributed by atoms with Gasteiger partial charge in [0.05, 0.1) is 18.7 Å². The summed E-state index contributed by atoms with van der Waals surface area (Å²) in [5, 5.41) is 3.01. The molecule has 0 radical (unpaired) electrons. The molecule has 0 spiro atoms. The van der Waals surface area contributed by atoms with Crippen LogP contribution in [0.1, 0.15) is 41.4 Å². The normalized spacial score (nSPS) is 11.8. The van der Waals surface area contributed by atoms with E-state index in [2.05, 4.69) is 36.5 Å². The largest absolute Gasteiger partial charge is 0.496 e. The van der Waals surface area contributed by atoms with Gasteiger partial charge in [0.2, 0.25) is 0 Å². The molecule has 3 heteroatoms. The van der Waals surface area contributed by atoms with Crippen LogP contribution in [0.5, 0.6) is 5.75 Å². The molecule has 0 bridgehead atoms. The lowest BCUT2D eigenvalue weighted by Crippen LogP contribution is -2.27. The fourth-order valence-corrected chi connectivity index (χ4v) is 2.23. The van der Waals surface area contributed by atoms with Crippen LogP contribution >= 0.6 is 0 Å². The summed E-state index contributed by atoms with van der Waals surface area (Å²) >= 11 is 0. The van der Waals surface area contributed by atoms with E-state index in [1.165, 1.54) is 5.56 Å². The Hall–Kier alpha value is -2.29. The summed E-state index contributed by atoms with van der Waals surface area (Å²) in [6.45, 7) is 4.11. The number of carbonyl (C=O) groups excluding carboxylic acids is 1. The minimum absolute atomic E-state index is 0.0479. The second kappa shape index (κ2) is 6.93. The Balaban J connectivity index is 2.11. The van der Waals surface area contributed by atoms with Crippen molar-refractivity contribution in [2.24, 2.45) is 0 Å². The SMILES string of the molecule is CCc1ccc([C@H](C)NC(=O)c2ccccc2OC)cc1. The van der Waals surface area contributed by atoms with Crippen LogP contribution in [-0.4, -0.2) is 13.0 Å². The summed E-state index contributed by atoms with van der Waals surface area (Å²) in [4.78, 5) is 12.3. The molecule has 2 aromatic rings. The number of rotatable bonds is 5. The Morgan fingerprint density at radius 2 is 1.81 bits per heavy atom. The highest BCUT2D eigenvalue weighted by molar-refractivity contribution is 5.97. The predicted octanol–water partition coefficient (Wildman–Crippen LogP) is 3.75. The summed E-state index contributed by atoms with van der Waals surface area (Å²) in [6, 6.07) is 15.5. The molecular weight excluding hydrogens is 262 g/mol. The predicted molar refractivity (Wildman–Crippen MR) is 84.7 cm³/mol. The van der Waals surface area contributed by atoms with Crippen molar-refractivity contribution < 1.29 is 9.53 Å². The summed E-state index contributed by atoms with van der Waals surface area (Å²) < 4.78 is 5.22. The topological polar surface area (TPSA) is 38.3 Å². The first-order valence-electron chi connectivity index (χ1n) is 7.18. The van der Waals surface area contributed by atoms with Crippen molar-refractivity contribution in [2.45, 2.75) is 26.3 Å².